The molecule has 2 N–H and O–H groups in total. The van der Waals surface area contributed by atoms with Crippen molar-refractivity contribution < 1.29 is 9.53 Å². The number of hydrogen-bond donors (Lipinski definition) is 2. The summed E-state index contributed by atoms with van der Waals surface area (Å²) in [5.74, 6) is 1.98. The zero-order valence-corrected chi connectivity index (χ0v) is 17.3. The quantitative estimate of drug-likeness (QED) is 0.593. The molecular weight excluding hydrogens is 340 g/mol. The number of nitrogens with one attached hydrogen (secondary N) is 2. The zero-order chi connectivity index (χ0) is 19.8. The van der Waals surface area contributed by atoms with Crippen molar-refractivity contribution in [3.8, 4) is 5.75 Å². The Hall–Kier alpha value is -2.24. The number of carbonyl (C=O) groups excluding carboxylic acids is 1. The van der Waals surface area contributed by atoms with Gasteiger partial charge in [-0.1, -0.05) is 26.0 Å². The van der Waals surface area contributed by atoms with Gasteiger partial charge in [-0.25, -0.2) is 0 Å². The van der Waals surface area contributed by atoms with E-state index in [4.69, 9.17) is 4.74 Å². The third-order valence-electron chi connectivity index (χ3n) is 4.75. The van der Waals surface area contributed by atoms with Gasteiger partial charge in [-0.3, -0.25) is 9.79 Å². The zero-order valence-electron chi connectivity index (χ0n) is 17.3. The van der Waals surface area contributed by atoms with Crippen LogP contribution in [-0.4, -0.2) is 55.6 Å². The van der Waals surface area contributed by atoms with Crippen LogP contribution in [0.4, 0.5) is 0 Å². The molecule has 1 heterocycles. The van der Waals surface area contributed by atoms with Gasteiger partial charge >= 0.3 is 0 Å². The summed E-state index contributed by atoms with van der Waals surface area (Å²) < 4.78 is 5.95. The predicted molar refractivity (Wildman–Crippen MR) is 110 cm³/mol. The van der Waals surface area contributed by atoms with Gasteiger partial charge in [-0.15, -0.1) is 0 Å². The lowest BCUT2D eigenvalue weighted by molar-refractivity contribution is -0.135. The summed E-state index contributed by atoms with van der Waals surface area (Å²) in [6, 6.07) is 8.41. The Balaban J connectivity index is 1.74. The number of aryl methyl sites for hydroxylation is 1. The van der Waals surface area contributed by atoms with Crippen LogP contribution in [0.2, 0.25) is 0 Å². The van der Waals surface area contributed by atoms with E-state index in [2.05, 4.69) is 28.6 Å². The molecule has 27 heavy (non-hydrogen) atoms. The van der Waals surface area contributed by atoms with E-state index in [-0.39, 0.29) is 17.9 Å². The van der Waals surface area contributed by atoms with E-state index >= 15 is 0 Å². The van der Waals surface area contributed by atoms with Crippen LogP contribution in [0.5, 0.6) is 5.75 Å². The van der Waals surface area contributed by atoms with Gasteiger partial charge in [0.1, 0.15) is 11.9 Å². The molecule has 1 aliphatic heterocycles. The summed E-state index contributed by atoms with van der Waals surface area (Å²) in [5, 5.41) is 6.80. The summed E-state index contributed by atoms with van der Waals surface area (Å²) in [4.78, 5) is 18.4. The maximum atomic E-state index is 12.1. The molecule has 0 saturated carbocycles. The molecule has 150 valence electrons. The second-order valence-corrected chi connectivity index (χ2v) is 7.60. The normalized spacial score (nSPS) is 17.0. The molecule has 6 nitrogen and oxygen atoms in total. The van der Waals surface area contributed by atoms with Crippen molar-refractivity contribution in [3.63, 3.8) is 0 Å². The number of piperidine rings is 1. The highest BCUT2D eigenvalue weighted by Crippen LogP contribution is 2.14. The van der Waals surface area contributed by atoms with E-state index in [9.17, 15) is 4.79 Å². The number of hydrogen-bond acceptors (Lipinski definition) is 3. The summed E-state index contributed by atoms with van der Waals surface area (Å²) >= 11 is 0. The maximum Gasteiger partial charge on any atom is 0.225 e. The SMILES string of the molecule is CN=C(NCC(C)Oc1cccc(C)c1)NC1CCN(C(=O)C(C)C)CC1. The van der Waals surface area contributed by atoms with Gasteiger partial charge in [0.15, 0.2) is 5.96 Å². The fraction of sp³-hybridized carbons (Fsp3) is 0.619. The lowest BCUT2D eigenvalue weighted by Crippen LogP contribution is -2.51. The summed E-state index contributed by atoms with van der Waals surface area (Å²) in [6.45, 7) is 10.3. The first kappa shape index (κ1) is 21.1. The van der Waals surface area contributed by atoms with Gasteiger partial charge in [-0.2, -0.15) is 0 Å². The molecule has 2 rings (SSSR count). The maximum absolute atomic E-state index is 12.1. The number of likely N-dealkylation sites (tertiary alicyclic amines) is 1. The number of guanidine groups is 1. The van der Waals surface area contributed by atoms with Crippen LogP contribution in [0.1, 0.15) is 39.2 Å². The van der Waals surface area contributed by atoms with Gasteiger partial charge in [0.2, 0.25) is 5.91 Å². The van der Waals surface area contributed by atoms with Crippen LogP contribution < -0.4 is 15.4 Å². The monoisotopic (exact) mass is 374 g/mol. The first-order valence-corrected chi connectivity index (χ1v) is 9.88. The fourth-order valence-electron chi connectivity index (χ4n) is 3.20. The van der Waals surface area contributed by atoms with Crippen LogP contribution in [-0.2, 0) is 4.79 Å². The number of benzene rings is 1. The molecule has 0 aromatic heterocycles. The number of rotatable bonds is 6. The van der Waals surface area contributed by atoms with E-state index < -0.39 is 0 Å². The van der Waals surface area contributed by atoms with Crippen molar-refractivity contribution in [3.05, 3.63) is 29.8 Å². The Morgan fingerprint density at radius 1 is 1.30 bits per heavy atom. The minimum Gasteiger partial charge on any atom is -0.489 e. The third-order valence-corrected chi connectivity index (χ3v) is 4.75. The minimum atomic E-state index is 0.0239. The fourth-order valence-corrected chi connectivity index (χ4v) is 3.20. The summed E-state index contributed by atoms with van der Waals surface area (Å²) in [7, 11) is 1.78. The Bertz CT molecular complexity index is 637. The van der Waals surface area contributed by atoms with E-state index in [1.165, 1.54) is 5.56 Å². The average molecular weight is 375 g/mol. The third kappa shape index (κ3) is 6.77. The number of aliphatic imine (C=N–C) groups is 1. The second-order valence-electron chi connectivity index (χ2n) is 7.60. The Morgan fingerprint density at radius 2 is 2.00 bits per heavy atom. The van der Waals surface area contributed by atoms with Crippen molar-refractivity contribution in [2.24, 2.45) is 10.9 Å². The molecule has 1 saturated heterocycles. The van der Waals surface area contributed by atoms with Crippen molar-refractivity contribution in [2.75, 3.05) is 26.7 Å². The highest BCUT2D eigenvalue weighted by Gasteiger charge is 2.24. The van der Waals surface area contributed by atoms with Crippen molar-refractivity contribution in [1.29, 1.82) is 0 Å². The standard InChI is InChI=1S/C21H34N4O2/c1-15(2)20(26)25-11-9-18(10-12-25)24-21(22-5)23-14-17(4)27-19-8-6-7-16(3)13-19/h6-8,13,15,17-18H,9-12,14H2,1-5H3,(H2,22,23,24). The second kappa shape index (κ2) is 10.2. The first-order chi connectivity index (χ1) is 12.9. The van der Waals surface area contributed by atoms with E-state index in [1.54, 1.807) is 7.05 Å². The topological polar surface area (TPSA) is 66.0 Å². The van der Waals surface area contributed by atoms with Gasteiger partial charge in [0, 0.05) is 32.1 Å². The Kier molecular flexibility index (Phi) is 7.95. The largest absolute Gasteiger partial charge is 0.489 e. The number of amides is 1. The smallest absolute Gasteiger partial charge is 0.225 e. The number of ether oxygens (including phenoxy) is 1. The van der Waals surface area contributed by atoms with Crippen LogP contribution in [0.15, 0.2) is 29.3 Å². The molecule has 0 aliphatic carbocycles. The van der Waals surface area contributed by atoms with Gasteiger partial charge in [-0.05, 0) is 44.4 Å². The van der Waals surface area contributed by atoms with Crippen molar-refractivity contribution in [2.45, 2.75) is 52.7 Å². The lowest BCUT2D eigenvalue weighted by Gasteiger charge is -2.34. The van der Waals surface area contributed by atoms with Crippen LogP contribution in [0.25, 0.3) is 0 Å². The Morgan fingerprint density at radius 3 is 2.59 bits per heavy atom. The summed E-state index contributed by atoms with van der Waals surface area (Å²) in [6.07, 6.45) is 1.90. The molecule has 6 heteroatoms. The van der Waals surface area contributed by atoms with E-state index in [0.29, 0.717) is 12.6 Å². The number of nitrogens with zero attached hydrogens (tertiary/aromatic N) is 2. The molecule has 1 aliphatic rings. The molecule has 1 atom stereocenters. The highest BCUT2D eigenvalue weighted by molar-refractivity contribution is 5.80. The summed E-state index contributed by atoms with van der Waals surface area (Å²) in [5.41, 5.74) is 1.19. The van der Waals surface area contributed by atoms with E-state index in [1.807, 2.05) is 43.9 Å². The van der Waals surface area contributed by atoms with Crippen molar-refractivity contribution in [1.82, 2.24) is 15.5 Å². The molecule has 1 amide bonds. The predicted octanol–water partition coefficient (Wildman–Crippen LogP) is 2.57. The molecule has 1 aromatic carbocycles. The van der Waals surface area contributed by atoms with Gasteiger partial charge in [0.05, 0.1) is 6.54 Å². The number of carbonyl (C=O) groups is 1. The van der Waals surface area contributed by atoms with Gasteiger partial charge < -0.3 is 20.3 Å². The highest BCUT2D eigenvalue weighted by atomic mass is 16.5. The first-order valence-electron chi connectivity index (χ1n) is 9.88. The molecule has 1 aromatic rings. The minimum absolute atomic E-state index is 0.0239. The Labute approximate surface area is 163 Å². The van der Waals surface area contributed by atoms with Gasteiger partial charge in [0.25, 0.3) is 0 Å². The molecule has 0 radical (unpaired) electrons. The van der Waals surface area contributed by atoms with Crippen LogP contribution in [0.3, 0.4) is 0 Å². The molecule has 0 spiro atoms. The molecule has 1 unspecified atom stereocenters. The average Bonchev–Trinajstić information content (AvgIpc) is 2.65. The lowest BCUT2D eigenvalue weighted by atomic mass is 10.0. The van der Waals surface area contributed by atoms with Crippen molar-refractivity contribution >= 4 is 11.9 Å². The molecule has 1 fully saturated rings. The molecule has 0 bridgehead atoms. The van der Waals surface area contributed by atoms with Crippen LogP contribution in [0, 0.1) is 12.8 Å². The van der Waals surface area contributed by atoms with E-state index in [0.717, 1.165) is 37.6 Å². The van der Waals surface area contributed by atoms with Crippen LogP contribution >= 0.6 is 0 Å². The molecular formula is C21H34N4O2.